The Labute approximate surface area is 121 Å². The van der Waals surface area contributed by atoms with E-state index < -0.39 is 0 Å². The summed E-state index contributed by atoms with van der Waals surface area (Å²) in [4.78, 5) is 11.3. The lowest BCUT2D eigenvalue weighted by atomic mass is 9.97. The summed E-state index contributed by atoms with van der Waals surface area (Å²) in [6.07, 6.45) is 4.11. The summed E-state index contributed by atoms with van der Waals surface area (Å²) in [5.41, 5.74) is 2.85. The lowest BCUT2D eigenvalue weighted by Crippen LogP contribution is -2.24. The highest BCUT2D eigenvalue weighted by Crippen LogP contribution is 2.37. The molecule has 110 valence electrons. The van der Waals surface area contributed by atoms with Gasteiger partial charge in [-0.05, 0) is 62.3 Å². The molecule has 1 aromatic rings. The number of amides is 1. The van der Waals surface area contributed by atoms with Crippen molar-refractivity contribution >= 4 is 5.91 Å². The Balaban J connectivity index is 1.97. The molecule has 1 atom stereocenters. The van der Waals surface area contributed by atoms with Crippen LogP contribution in [0.2, 0.25) is 0 Å². The quantitative estimate of drug-likeness (QED) is 0.864. The summed E-state index contributed by atoms with van der Waals surface area (Å²) in [7, 11) is 0. The Morgan fingerprint density at radius 2 is 2.25 bits per heavy atom. The maximum absolute atomic E-state index is 11.3. The third kappa shape index (κ3) is 3.75. The predicted molar refractivity (Wildman–Crippen MR) is 81.2 cm³/mol. The second-order valence-electron chi connectivity index (χ2n) is 5.76. The van der Waals surface area contributed by atoms with E-state index in [2.05, 4.69) is 23.5 Å². The van der Waals surface area contributed by atoms with Crippen molar-refractivity contribution in [1.29, 1.82) is 0 Å². The number of ether oxygens (including phenoxy) is 1. The topological polar surface area (TPSA) is 38.3 Å². The van der Waals surface area contributed by atoms with Gasteiger partial charge in [-0.25, -0.2) is 0 Å². The van der Waals surface area contributed by atoms with E-state index in [0.29, 0.717) is 12.3 Å². The van der Waals surface area contributed by atoms with Crippen LogP contribution in [0.15, 0.2) is 18.2 Å². The molecule has 0 radical (unpaired) electrons. The molecule has 3 nitrogen and oxygen atoms in total. The van der Waals surface area contributed by atoms with E-state index in [1.807, 2.05) is 20.8 Å². The summed E-state index contributed by atoms with van der Waals surface area (Å²) in [5, 5.41) is 2.97. The molecule has 1 amide bonds. The fourth-order valence-corrected chi connectivity index (χ4v) is 2.82. The molecule has 20 heavy (non-hydrogen) atoms. The zero-order valence-corrected chi connectivity index (χ0v) is 12.7. The molecule has 0 aromatic heterocycles. The minimum atomic E-state index is 0.139. The molecule has 1 aromatic carbocycles. The van der Waals surface area contributed by atoms with Crippen molar-refractivity contribution in [3.8, 4) is 5.75 Å². The average molecular weight is 275 g/mol. The first-order valence-electron chi connectivity index (χ1n) is 7.66. The van der Waals surface area contributed by atoms with Crippen molar-refractivity contribution in [2.24, 2.45) is 0 Å². The lowest BCUT2D eigenvalue weighted by molar-refractivity contribution is -0.120. The molecule has 0 heterocycles. The molecule has 0 aliphatic heterocycles. The van der Waals surface area contributed by atoms with Gasteiger partial charge in [-0.1, -0.05) is 13.0 Å². The molecule has 0 spiro atoms. The number of rotatable bonds is 6. The van der Waals surface area contributed by atoms with Crippen molar-refractivity contribution < 1.29 is 9.53 Å². The fraction of sp³-hybridized carbons (Fsp3) is 0.588. The van der Waals surface area contributed by atoms with Crippen LogP contribution in [0.3, 0.4) is 0 Å². The van der Waals surface area contributed by atoms with Crippen LogP contribution < -0.4 is 10.1 Å². The first-order valence-corrected chi connectivity index (χ1v) is 7.66. The monoisotopic (exact) mass is 275 g/mol. The Hall–Kier alpha value is -1.51. The highest BCUT2D eigenvalue weighted by Gasteiger charge is 2.22. The summed E-state index contributed by atoms with van der Waals surface area (Å²) >= 11 is 0. The second kappa shape index (κ2) is 6.78. The number of nitrogens with one attached hydrogen (secondary N) is 1. The fourth-order valence-electron chi connectivity index (χ4n) is 2.82. The highest BCUT2D eigenvalue weighted by molar-refractivity contribution is 5.75. The number of benzene rings is 1. The summed E-state index contributed by atoms with van der Waals surface area (Å²) in [6, 6.07) is 6.45. The molecule has 1 N–H and O–H groups in total. The number of carbonyl (C=O) groups excluding carboxylic acids is 1. The maximum Gasteiger partial charge on any atom is 0.219 e. The maximum atomic E-state index is 11.3. The van der Waals surface area contributed by atoms with Crippen molar-refractivity contribution in [2.45, 2.75) is 58.5 Å². The molecule has 0 saturated carbocycles. The van der Waals surface area contributed by atoms with Crippen LogP contribution in [0.1, 0.15) is 57.1 Å². The van der Waals surface area contributed by atoms with Gasteiger partial charge in [-0.2, -0.15) is 0 Å². The van der Waals surface area contributed by atoms with Gasteiger partial charge in [0.15, 0.2) is 0 Å². The lowest BCUT2D eigenvalue weighted by Gasteiger charge is -2.15. The third-order valence-electron chi connectivity index (χ3n) is 3.83. The van der Waals surface area contributed by atoms with Gasteiger partial charge < -0.3 is 10.1 Å². The average Bonchev–Trinajstić information content (AvgIpc) is 2.80. The molecule has 0 fully saturated rings. The van der Waals surface area contributed by atoms with E-state index in [1.54, 1.807) is 0 Å². The number of fused-ring (bicyclic) bond motifs is 1. The van der Waals surface area contributed by atoms with Gasteiger partial charge in [0.25, 0.3) is 0 Å². The third-order valence-corrected chi connectivity index (χ3v) is 3.83. The molecule has 1 aliphatic carbocycles. The van der Waals surface area contributed by atoms with Crippen LogP contribution in [0, 0.1) is 0 Å². The van der Waals surface area contributed by atoms with Crippen molar-refractivity contribution in [2.75, 3.05) is 6.54 Å². The summed E-state index contributed by atoms with van der Waals surface area (Å²) in [6.45, 7) is 6.75. The van der Waals surface area contributed by atoms with Gasteiger partial charge in [0.1, 0.15) is 5.75 Å². The van der Waals surface area contributed by atoms with Crippen LogP contribution in [0.4, 0.5) is 0 Å². The van der Waals surface area contributed by atoms with Gasteiger partial charge in [-0.15, -0.1) is 0 Å². The van der Waals surface area contributed by atoms with Crippen LogP contribution in [0.25, 0.3) is 0 Å². The van der Waals surface area contributed by atoms with E-state index in [-0.39, 0.29) is 12.0 Å². The van der Waals surface area contributed by atoms with E-state index in [4.69, 9.17) is 4.74 Å². The molecule has 1 aliphatic rings. The molecule has 3 heteroatoms. The van der Waals surface area contributed by atoms with Crippen LogP contribution in [0.5, 0.6) is 5.75 Å². The first-order chi connectivity index (χ1) is 9.60. The molecule has 0 saturated heterocycles. The van der Waals surface area contributed by atoms with Crippen LogP contribution in [-0.2, 0) is 11.2 Å². The predicted octanol–water partition coefficient (Wildman–Crippen LogP) is 3.42. The van der Waals surface area contributed by atoms with Crippen molar-refractivity contribution in [3.05, 3.63) is 29.3 Å². The minimum absolute atomic E-state index is 0.139. The largest absolute Gasteiger partial charge is 0.491 e. The van der Waals surface area contributed by atoms with Gasteiger partial charge >= 0.3 is 0 Å². The molecular weight excluding hydrogens is 250 g/mol. The smallest absolute Gasteiger partial charge is 0.219 e. The Morgan fingerprint density at radius 3 is 2.95 bits per heavy atom. The van der Waals surface area contributed by atoms with E-state index in [1.165, 1.54) is 17.5 Å². The SMILES string of the molecule is CCC(=O)NCC[C@@H]1CCc2ccc(OC(C)C)cc21. The van der Waals surface area contributed by atoms with E-state index >= 15 is 0 Å². The number of aryl methyl sites for hydroxylation is 1. The van der Waals surface area contributed by atoms with Gasteiger partial charge in [-0.3, -0.25) is 4.79 Å². The number of hydrogen-bond acceptors (Lipinski definition) is 2. The Bertz CT molecular complexity index is 468. The first kappa shape index (κ1) is 14.9. The normalized spacial score (nSPS) is 17.1. The summed E-state index contributed by atoms with van der Waals surface area (Å²) < 4.78 is 5.78. The molecular formula is C17H25NO2. The van der Waals surface area contributed by atoms with Crippen molar-refractivity contribution in [3.63, 3.8) is 0 Å². The Kier molecular flexibility index (Phi) is 5.05. The highest BCUT2D eigenvalue weighted by atomic mass is 16.5. The standard InChI is InChI=1S/C17H25NO2/c1-4-17(19)18-10-9-14-6-5-13-7-8-15(11-16(13)14)20-12(2)3/h7-8,11-12,14H,4-6,9-10H2,1-3H3,(H,18,19)/t14-/m0/s1. The zero-order chi connectivity index (χ0) is 14.5. The Morgan fingerprint density at radius 1 is 1.45 bits per heavy atom. The second-order valence-corrected chi connectivity index (χ2v) is 5.76. The molecule has 2 rings (SSSR count). The van der Waals surface area contributed by atoms with E-state index in [0.717, 1.165) is 25.1 Å². The summed E-state index contributed by atoms with van der Waals surface area (Å²) in [5.74, 6) is 1.65. The van der Waals surface area contributed by atoms with Gasteiger partial charge in [0, 0.05) is 13.0 Å². The van der Waals surface area contributed by atoms with Crippen molar-refractivity contribution in [1.82, 2.24) is 5.32 Å². The molecule has 0 bridgehead atoms. The number of carbonyl (C=O) groups is 1. The molecule has 0 unspecified atom stereocenters. The van der Waals surface area contributed by atoms with Gasteiger partial charge in [0.05, 0.1) is 6.10 Å². The number of hydrogen-bond donors (Lipinski definition) is 1. The van der Waals surface area contributed by atoms with Crippen LogP contribution >= 0.6 is 0 Å². The van der Waals surface area contributed by atoms with Crippen LogP contribution in [-0.4, -0.2) is 18.6 Å². The minimum Gasteiger partial charge on any atom is -0.491 e. The van der Waals surface area contributed by atoms with Gasteiger partial charge in [0.2, 0.25) is 5.91 Å². The zero-order valence-electron chi connectivity index (χ0n) is 12.7. The van der Waals surface area contributed by atoms with E-state index in [9.17, 15) is 4.79 Å².